The summed E-state index contributed by atoms with van der Waals surface area (Å²) in [5, 5.41) is 4.31. The third-order valence-electron chi connectivity index (χ3n) is 6.13. The van der Waals surface area contributed by atoms with E-state index in [1.54, 1.807) is 0 Å². The van der Waals surface area contributed by atoms with Crippen LogP contribution in [0.1, 0.15) is 32.6 Å². The van der Waals surface area contributed by atoms with E-state index in [4.69, 9.17) is 0 Å². The number of piperidine rings is 1. The molecule has 2 aliphatic rings. The minimum atomic E-state index is 0.770. The summed E-state index contributed by atoms with van der Waals surface area (Å²) in [6.45, 7) is 11.0. The van der Waals surface area contributed by atoms with E-state index >= 15 is 0 Å². The fraction of sp³-hybridized carbons (Fsp3) is 0.591. The van der Waals surface area contributed by atoms with Gasteiger partial charge >= 0.3 is 0 Å². The number of aromatic nitrogens is 2. The van der Waals surface area contributed by atoms with Gasteiger partial charge in [-0.2, -0.15) is 5.10 Å². The molecule has 2 aliphatic heterocycles. The molecular formula is C22H33N5. The molecule has 0 bridgehead atoms. The third kappa shape index (κ3) is 4.53. The fourth-order valence-corrected chi connectivity index (χ4v) is 4.62. The van der Waals surface area contributed by atoms with Gasteiger partial charge in [0.25, 0.3) is 0 Å². The zero-order valence-corrected chi connectivity index (χ0v) is 16.6. The van der Waals surface area contributed by atoms with Crippen LogP contribution in [0.5, 0.6) is 0 Å². The topological polar surface area (TPSA) is 27.5 Å². The Balaban J connectivity index is 1.30. The van der Waals surface area contributed by atoms with Crippen LogP contribution in [0.4, 0.5) is 5.69 Å². The van der Waals surface area contributed by atoms with Crippen molar-refractivity contribution in [3.63, 3.8) is 0 Å². The highest BCUT2D eigenvalue weighted by Crippen LogP contribution is 2.24. The second-order valence-electron chi connectivity index (χ2n) is 7.92. The number of benzene rings is 1. The first-order valence-corrected chi connectivity index (χ1v) is 10.6. The van der Waals surface area contributed by atoms with Crippen molar-refractivity contribution in [2.75, 3.05) is 50.7 Å². The van der Waals surface area contributed by atoms with Gasteiger partial charge in [-0.25, -0.2) is 4.68 Å². The zero-order chi connectivity index (χ0) is 18.5. The number of rotatable bonds is 5. The van der Waals surface area contributed by atoms with Crippen LogP contribution >= 0.6 is 0 Å². The van der Waals surface area contributed by atoms with Crippen LogP contribution < -0.4 is 4.90 Å². The monoisotopic (exact) mass is 367 g/mol. The molecule has 2 fully saturated rings. The van der Waals surface area contributed by atoms with E-state index in [0.717, 1.165) is 11.7 Å². The minimum Gasteiger partial charge on any atom is -0.371 e. The van der Waals surface area contributed by atoms with E-state index < -0.39 is 0 Å². The highest BCUT2D eigenvalue weighted by Gasteiger charge is 2.26. The average molecular weight is 368 g/mol. The van der Waals surface area contributed by atoms with Crippen molar-refractivity contribution in [1.29, 1.82) is 0 Å². The smallest absolute Gasteiger partial charge is 0.0647 e. The standard InChI is InChI=1S/C22H33N5/c1-2-12-24-13-4-14-25(19-18-24)21-9-16-26(17-10-21)20-5-7-22(8-6-20)27-15-3-11-23-27/h3,5-8,11,15,21H,2,4,9-10,12-14,16-19H2,1H3. The lowest BCUT2D eigenvalue weighted by atomic mass is 10.0. The lowest BCUT2D eigenvalue weighted by Gasteiger charge is -2.39. The maximum Gasteiger partial charge on any atom is 0.0647 e. The molecule has 2 saturated heterocycles. The number of nitrogens with zero attached hydrogens (tertiary/aromatic N) is 5. The lowest BCUT2D eigenvalue weighted by molar-refractivity contribution is 0.172. The molecular weight excluding hydrogens is 334 g/mol. The summed E-state index contributed by atoms with van der Waals surface area (Å²) in [5.41, 5.74) is 2.47. The van der Waals surface area contributed by atoms with E-state index in [1.165, 1.54) is 77.2 Å². The van der Waals surface area contributed by atoms with Crippen molar-refractivity contribution in [3.8, 4) is 5.69 Å². The van der Waals surface area contributed by atoms with Crippen molar-refractivity contribution in [1.82, 2.24) is 19.6 Å². The Kier molecular flexibility index (Phi) is 6.10. The predicted molar refractivity (Wildman–Crippen MR) is 112 cm³/mol. The van der Waals surface area contributed by atoms with E-state index in [2.05, 4.69) is 51.0 Å². The molecule has 0 saturated carbocycles. The maximum absolute atomic E-state index is 4.31. The quantitative estimate of drug-likeness (QED) is 0.811. The van der Waals surface area contributed by atoms with Crippen molar-refractivity contribution in [3.05, 3.63) is 42.7 Å². The molecule has 5 nitrogen and oxygen atoms in total. The Morgan fingerprint density at radius 3 is 2.41 bits per heavy atom. The number of hydrogen-bond donors (Lipinski definition) is 0. The van der Waals surface area contributed by atoms with Gasteiger partial charge in [0.1, 0.15) is 0 Å². The van der Waals surface area contributed by atoms with Gasteiger partial charge < -0.3 is 9.80 Å². The highest BCUT2D eigenvalue weighted by molar-refractivity contribution is 5.51. The van der Waals surface area contributed by atoms with Gasteiger partial charge in [-0.3, -0.25) is 4.90 Å². The van der Waals surface area contributed by atoms with Gasteiger partial charge in [-0.15, -0.1) is 0 Å². The molecule has 4 rings (SSSR count). The molecule has 146 valence electrons. The average Bonchev–Trinajstić information content (AvgIpc) is 3.16. The molecule has 0 atom stereocenters. The molecule has 0 radical (unpaired) electrons. The molecule has 0 unspecified atom stereocenters. The Hall–Kier alpha value is -1.85. The second kappa shape index (κ2) is 8.89. The highest BCUT2D eigenvalue weighted by atomic mass is 15.3. The van der Waals surface area contributed by atoms with Crippen LogP contribution in [0.25, 0.3) is 5.69 Å². The molecule has 0 spiro atoms. The summed E-state index contributed by atoms with van der Waals surface area (Å²) in [6, 6.07) is 11.6. The van der Waals surface area contributed by atoms with Crippen LogP contribution in [0.15, 0.2) is 42.7 Å². The van der Waals surface area contributed by atoms with Crippen LogP contribution in [0.2, 0.25) is 0 Å². The molecule has 2 aromatic rings. The molecule has 1 aromatic carbocycles. The largest absolute Gasteiger partial charge is 0.371 e. The summed E-state index contributed by atoms with van der Waals surface area (Å²) in [4.78, 5) is 7.97. The Labute approximate surface area is 163 Å². The van der Waals surface area contributed by atoms with Gasteiger partial charge in [0, 0.05) is 50.3 Å². The van der Waals surface area contributed by atoms with Crippen LogP contribution in [-0.2, 0) is 0 Å². The van der Waals surface area contributed by atoms with Crippen LogP contribution in [0, 0.1) is 0 Å². The van der Waals surface area contributed by atoms with Gasteiger partial charge in [-0.05, 0) is 75.6 Å². The molecule has 0 amide bonds. The van der Waals surface area contributed by atoms with Crippen LogP contribution in [-0.4, -0.2) is 71.4 Å². The zero-order valence-electron chi connectivity index (χ0n) is 16.6. The van der Waals surface area contributed by atoms with Crippen molar-refractivity contribution >= 4 is 5.69 Å². The molecule has 3 heterocycles. The third-order valence-corrected chi connectivity index (χ3v) is 6.13. The van der Waals surface area contributed by atoms with Crippen molar-refractivity contribution in [2.45, 2.75) is 38.6 Å². The van der Waals surface area contributed by atoms with Gasteiger partial charge in [0.15, 0.2) is 0 Å². The first-order chi connectivity index (χ1) is 13.3. The summed E-state index contributed by atoms with van der Waals surface area (Å²) in [7, 11) is 0. The molecule has 1 aromatic heterocycles. The summed E-state index contributed by atoms with van der Waals surface area (Å²) >= 11 is 0. The SMILES string of the molecule is CCCN1CCCN(C2CCN(c3ccc(-n4cccn4)cc3)CC2)CC1. The van der Waals surface area contributed by atoms with Crippen molar-refractivity contribution < 1.29 is 0 Å². The molecule has 0 aliphatic carbocycles. The van der Waals surface area contributed by atoms with Gasteiger partial charge in [-0.1, -0.05) is 6.92 Å². The lowest BCUT2D eigenvalue weighted by Crippen LogP contribution is -2.46. The van der Waals surface area contributed by atoms with Gasteiger partial charge in [0.05, 0.1) is 5.69 Å². The summed E-state index contributed by atoms with van der Waals surface area (Å²) in [5.74, 6) is 0. The maximum atomic E-state index is 4.31. The van der Waals surface area contributed by atoms with E-state index in [-0.39, 0.29) is 0 Å². The van der Waals surface area contributed by atoms with E-state index in [9.17, 15) is 0 Å². The fourth-order valence-electron chi connectivity index (χ4n) is 4.62. The van der Waals surface area contributed by atoms with Crippen LogP contribution in [0.3, 0.4) is 0 Å². The molecule has 5 heteroatoms. The second-order valence-corrected chi connectivity index (χ2v) is 7.92. The first kappa shape index (κ1) is 18.5. The minimum absolute atomic E-state index is 0.770. The molecule has 27 heavy (non-hydrogen) atoms. The Bertz CT molecular complexity index is 673. The summed E-state index contributed by atoms with van der Waals surface area (Å²) in [6.07, 6.45) is 8.99. The number of hydrogen-bond acceptors (Lipinski definition) is 4. The predicted octanol–water partition coefficient (Wildman–Crippen LogP) is 3.26. The summed E-state index contributed by atoms with van der Waals surface area (Å²) < 4.78 is 1.91. The van der Waals surface area contributed by atoms with Crippen molar-refractivity contribution in [2.24, 2.45) is 0 Å². The normalized spacial score (nSPS) is 20.7. The first-order valence-electron chi connectivity index (χ1n) is 10.6. The van der Waals surface area contributed by atoms with E-state index in [1.807, 2.05) is 23.1 Å². The Morgan fingerprint density at radius 2 is 1.70 bits per heavy atom. The van der Waals surface area contributed by atoms with E-state index in [0.29, 0.717) is 0 Å². The number of anilines is 1. The molecule has 0 N–H and O–H groups in total. The van der Waals surface area contributed by atoms with Gasteiger partial charge in [0.2, 0.25) is 0 Å². The Morgan fingerprint density at radius 1 is 0.926 bits per heavy atom.